The summed E-state index contributed by atoms with van der Waals surface area (Å²) in [6, 6.07) is 10.1. The van der Waals surface area contributed by atoms with Crippen molar-refractivity contribution in [1.82, 2.24) is 15.2 Å². The summed E-state index contributed by atoms with van der Waals surface area (Å²) in [5.41, 5.74) is 1.07. The zero-order valence-corrected chi connectivity index (χ0v) is 15.5. The van der Waals surface area contributed by atoms with E-state index in [9.17, 15) is 9.59 Å². The molecule has 0 spiro atoms. The lowest BCUT2D eigenvalue weighted by Crippen LogP contribution is -2.41. The summed E-state index contributed by atoms with van der Waals surface area (Å²) in [4.78, 5) is 31.1. The molecule has 1 aliphatic rings. The largest absolute Gasteiger partial charge is 0.379 e. The fourth-order valence-electron chi connectivity index (χ4n) is 2.78. The van der Waals surface area contributed by atoms with Gasteiger partial charge in [0.2, 0.25) is 0 Å². The number of morpholine rings is 1. The third-order valence-electron chi connectivity index (χ3n) is 4.24. The van der Waals surface area contributed by atoms with Crippen LogP contribution in [0.5, 0.6) is 0 Å². The van der Waals surface area contributed by atoms with Crippen LogP contribution >= 0.6 is 11.6 Å². The molecule has 2 heterocycles. The number of halogens is 1. The molecule has 0 radical (unpaired) electrons. The second-order valence-corrected chi connectivity index (χ2v) is 6.41. The molecule has 0 aliphatic carbocycles. The van der Waals surface area contributed by atoms with Gasteiger partial charge in [-0.15, -0.1) is 0 Å². The van der Waals surface area contributed by atoms with E-state index in [0.29, 0.717) is 17.8 Å². The van der Waals surface area contributed by atoms with Crippen molar-refractivity contribution in [2.45, 2.75) is 0 Å². The predicted molar refractivity (Wildman–Crippen MR) is 103 cm³/mol. The Morgan fingerprint density at radius 1 is 1.07 bits per heavy atom. The van der Waals surface area contributed by atoms with Gasteiger partial charge in [0.05, 0.1) is 30.0 Å². The van der Waals surface area contributed by atoms with Gasteiger partial charge in [0.15, 0.2) is 0 Å². The van der Waals surface area contributed by atoms with Gasteiger partial charge >= 0.3 is 0 Å². The monoisotopic (exact) mass is 388 g/mol. The van der Waals surface area contributed by atoms with Gasteiger partial charge in [-0.25, -0.2) is 4.98 Å². The first-order valence-corrected chi connectivity index (χ1v) is 9.12. The zero-order chi connectivity index (χ0) is 19.1. The SMILES string of the molecule is O=C(NCCN1CCOCC1)c1ccccc1NC(=O)c1cccnc1Cl. The molecule has 8 heteroatoms. The Kier molecular flexibility index (Phi) is 6.75. The molecule has 0 bridgehead atoms. The second kappa shape index (κ2) is 9.45. The Labute approximate surface area is 162 Å². The summed E-state index contributed by atoms with van der Waals surface area (Å²) in [6.45, 7) is 4.46. The molecule has 2 amide bonds. The number of carbonyl (C=O) groups excluding carboxylic acids is 2. The first-order chi connectivity index (χ1) is 13.1. The second-order valence-electron chi connectivity index (χ2n) is 6.05. The highest BCUT2D eigenvalue weighted by Gasteiger charge is 2.16. The van der Waals surface area contributed by atoms with Gasteiger partial charge in [0.25, 0.3) is 11.8 Å². The Morgan fingerprint density at radius 3 is 2.59 bits per heavy atom. The highest BCUT2D eigenvalue weighted by Crippen LogP contribution is 2.18. The Hall–Kier alpha value is -2.48. The molecular formula is C19H21ClN4O3. The van der Waals surface area contributed by atoms with Crippen molar-refractivity contribution in [1.29, 1.82) is 0 Å². The maximum atomic E-state index is 12.5. The maximum Gasteiger partial charge on any atom is 0.258 e. The lowest BCUT2D eigenvalue weighted by molar-refractivity contribution is 0.0383. The van der Waals surface area contributed by atoms with E-state index in [4.69, 9.17) is 16.3 Å². The molecule has 1 fully saturated rings. The van der Waals surface area contributed by atoms with E-state index < -0.39 is 5.91 Å². The third-order valence-corrected chi connectivity index (χ3v) is 4.54. The van der Waals surface area contributed by atoms with E-state index in [-0.39, 0.29) is 16.6 Å². The molecule has 1 aromatic carbocycles. The van der Waals surface area contributed by atoms with Crippen LogP contribution in [0.1, 0.15) is 20.7 Å². The number of ether oxygens (including phenoxy) is 1. The number of carbonyl (C=O) groups is 2. The van der Waals surface area contributed by atoms with Crippen molar-refractivity contribution in [2.24, 2.45) is 0 Å². The molecule has 1 saturated heterocycles. The minimum absolute atomic E-state index is 0.113. The summed E-state index contributed by atoms with van der Waals surface area (Å²) in [6.07, 6.45) is 1.51. The molecule has 2 aromatic rings. The van der Waals surface area contributed by atoms with E-state index in [1.807, 2.05) is 0 Å². The van der Waals surface area contributed by atoms with Gasteiger partial charge < -0.3 is 15.4 Å². The van der Waals surface area contributed by atoms with E-state index in [1.54, 1.807) is 36.4 Å². The number of amides is 2. The topological polar surface area (TPSA) is 83.6 Å². The number of pyridine rings is 1. The van der Waals surface area contributed by atoms with Gasteiger partial charge in [0, 0.05) is 32.4 Å². The number of rotatable bonds is 6. The predicted octanol–water partition coefficient (Wildman–Crippen LogP) is 2.05. The molecule has 1 aliphatic heterocycles. The van der Waals surface area contributed by atoms with Gasteiger partial charge in [0.1, 0.15) is 5.15 Å². The van der Waals surface area contributed by atoms with Crippen LogP contribution in [0.2, 0.25) is 5.15 Å². The summed E-state index contributed by atoms with van der Waals surface area (Å²) >= 11 is 5.97. The van der Waals surface area contributed by atoms with E-state index in [2.05, 4.69) is 20.5 Å². The molecule has 142 valence electrons. The van der Waals surface area contributed by atoms with Crippen LogP contribution < -0.4 is 10.6 Å². The van der Waals surface area contributed by atoms with Gasteiger partial charge in [-0.2, -0.15) is 0 Å². The molecule has 0 atom stereocenters. The molecule has 2 N–H and O–H groups in total. The Morgan fingerprint density at radius 2 is 1.81 bits per heavy atom. The number of para-hydroxylation sites is 1. The zero-order valence-electron chi connectivity index (χ0n) is 14.8. The standard InChI is InChI=1S/C19H21ClN4O3/c20-17-15(5-3-7-21-17)19(26)23-16-6-2-1-4-14(16)18(25)22-8-9-24-10-12-27-13-11-24/h1-7H,8-13H2,(H,22,25)(H,23,26). The minimum Gasteiger partial charge on any atom is -0.379 e. The number of hydrogen-bond acceptors (Lipinski definition) is 5. The summed E-state index contributed by atoms with van der Waals surface area (Å²) in [7, 11) is 0. The molecular weight excluding hydrogens is 368 g/mol. The number of benzene rings is 1. The molecule has 27 heavy (non-hydrogen) atoms. The number of aromatic nitrogens is 1. The van der Waals surface area contributed by atoms with Crippen LogP contribution in [-0.4, -0.2) is 61.1 Å². The van der Waals surface area contributed by atoms with E-state index >= 15 is 0 Å². The van der Waals surface area contributed by atoms with Crippen LogP contribution in [-0.2, 0) is 4.74 Å². The van der Waals surface area contributed by atoms with Crippen LogP contribution in [0.3, 0.4) is 0 Å². The summed E-state index contributed by atoms with van der Waals surface area (Å²) in [5, 5.41) is 5.75. The quantitative estimate of drug-likeness (QED) is 0.740. The molecule has 0 saturated carbocycles. The lowest BCUT2D eigenvalue weighted by atomic mass is 10.1. The van der Waals surface area contributed by atoms with Gasteiger partial charge in [-0.3, -0.25) is 14.5 Å². The van der Waals surface area contributed by atoms with Crippen molar-refractivity contribution in [2.75, 3.05) is 44.7 Å². The van der Waals surface area contributed by atoms with Crippen molar-refractivity contribution >= 4 is 29.1 Å². The third kappa shape index (κ3) is 5.26. The number of nitrogens with one attached hydrogen (secondary N) is 2. The average molecular weight is 389 g/mol. The first kappa shape index (κ1) is 19.3. The fourth-order valence-corrected chi connectivity index (χ4v) is 2.99. The lowest BCUT2D eigenvalue weighted by Gasteiger charge is -2.26. The van der Waals surface area contributed by atoms with Crippen molar-refractivity contribution in [3.63, 3.8) is 0 Å². The molecule has 1 aromatic heterocycles. The number of anilines is 1. The van der Waals surface area contributed by atoms with Crippen LogP contribution in [0.4, 0.5) is 5.69 Å². The summed E-state index contributed by atoms with van der Waals surface area (Å²) < 4.78 is 5.31. The minimum atomic E-state index is -0.415. The van der Waals surface area contributed by atoms with Gasteiger partial charge in [-0.05, 0) is 24.3 Å². The number of nitrogens with zero attached hydrogens (tertiary/aromatic N) is 2. The Balaban J connectivity index is 1.62. The first-order valence-electron chi connectivity index (χ1n) is 8.74. The van der Waals surface area contributed by atoms with Crippen molar-refractivity contribution in [3.8, 4) is 0 Å². The van der Waals surface area contributed by atoms with Crippen LogP contribution in [0, 0.1) is 0 Å². The van der Waals surface area contributed by atoms with Crippen LogP contribution in [0.15, 0.2) is 42.6 Å². The molecule has 7 nitrogen and oxygen atoms in total. The van der Waals surface area contributed by atoms with Gasteiger partial charge in [-0.1, -0.05) is 23.7 Å². The number of hydrogen-bond donors (Lipinski definition) is 2. The molecule has 0 unspecified atom stereocenters. The fraction of sp³-hybridized carbons (Fsp3) is 0.316. The summed E-state index contributed by atoms with van der Waals surface area (Å²) in [5.74, 6) is -0.655. The molecule has 3 rings (SSSR count). The Bertz CT molecular complexity index is 809. The van der Waals surface area contributed by atoms with Crippen molar-refractivity contribution < 1.29 is 14.3 Å². The van der Waals surface area contributed by atoms with E-state index in [0.717, 1.165) is 32.8 Å². The van der Waals surface area contributed by atoms with Crippen molar-refractivity contribution in [3.05, 3.63) is 58.9 Å². The van der Waals surface area contributed by atoms with E-state index in [1.165, 1.54) is 6.20 Å². The maximum absolute atomic E-state index is 12.5. The normalized spacial score (nSPS) is 14.6. The van der Waals surface area contributed by atoms with Crippen LogP contribution in [0.25, 0.3) is 0 Å². The highest BCUT2D eigenvalue weighted by atomic mass is 35.5. The smallest absolute Gasteiger partial charge is 0.258 e. The average Bonchev–Trinajstić information content (AvgIpc) is 2.69. The highest BCUT2D eigenvalue weighted by molar-refractivity contribution is 6.33.